The van der Waals surface area contributed by atoms with Gasteiger partial charge in [-0.15, -0.1) is 0 Å². The Hall–Kier alpha value is -1.89. The number of rotatable bonds is 4. The van der Waals surface area contributed by atoms with Crippen molar-refractivity contribution in [2.24, 2.45) is 0 Å². The van der Waals surface area contributed by atoms with Crippen molar-refractivity contribution in [3.05, 3.63) is 35.1 Å². The lowest BCUT2D eigenvalue weighted by Crippen LogP contribution is -2.38. The van der Waals surface area contributed by atoms with Gasteiger partial charge in [-0.25, -0.2) is 4.39 Å². The Balaban J connectivity index is 2.99. The molecule has 0 aliphatic rings. The Kier molecular flexibility index (Phi) is 4.85. The van der Waals surface area contributed by atoms with Crippen molar-refractivity contribution in [1.82, 2.24) is 4.90 Å². The molecule has 1 rings (SSSR count). The predicted octanol–water partition coefficient (Wildman–Crippen LogP) is 2.90. The van der Waals surface area contributed by atoms with Crippen LogP contribution in [0.4, 0.5) is 4.39 Å². The fourth-order valence-electron chi connectivity index (χ4n) is 1.79. The summed E-state index contributed by atoms with van der Waals surface area (Å²) in [4.78, 5) is 13.9. The van der Waals surface area contributed by atoms with Crippen LogP contribution in [0.2, 0.25) is 0 Å². The van der Waals surface area contributed by atoms with Gasteiger partial charge in [0.1, 0.15) is 5.82 Å². The molecule has 0 unspecified atom stereocenters. The van der Waals surface area contributed by atoms with Gasteiger partial charge in [-0.05, 0) is 44.5 Å². The van der Waals surface area contributed by atoms with Crippen LogP contribution >= 0.6 is 0 Å². The molecule has 96 valence electrons. The third-order valence-corrected chi connectivity index (χ3v) is 2.77. The molecule has 0 saturated carbocycles. The van der Waals surface area contributed by atoms with Gasteiger partial charge in [-0.1, -0.05) is 0 Å². The number of benzene rings is 1. The number of hydrogen-bond acceptors (Lipinski definition) is 2. The predicted molar refractivity (Wildman–Crippen MR) is 67.5 cm³/mol. The zero-order chi connectivity index (χ0) is 13.7. The van der Waals surface area contributed by atoms with Crippen LogP contribution in [0.1, 0.15) is 36.2 Å². The van der Waals surface area contributed by atoms with Crippen LogP contribution in [0.3, 0.4) is 0 Å². The average molecular weight is 248 g/mol. The summed E-state index contributed by atoms with van der Waals surface area (Å²) in [5.41, 5.74) is 1.10. The largest absolute Gasteiger partial charge is 0.335 e. The van der Waals surface area contributed by atoms with Crippen LogP contribution in [0, 0.1) is 24.1 Å². The quantitative estimate of drug-likeness (QED) is 0.822. The second kappa shape index (κ2) is 6.15. The molecule has 0 N–H and O–H groups in total. The van der Waals surface area contributed by atoms with E-state index in [1.807, 2.05) is 19.9 Å². The summed E-state index contributed by atoms with van der Waals surface area (Å²) in [5, 5.41) is 8.60. The number of carbonyl (C=O) groups excluding carboxylic acids is 1. The van der Waals surface area contributed by atoms with Gasteiger partial charge >= 0.3 is 0 Å². The summed E-state index contributed by atoms with van der Waals surface area (Å²) in [6.45, 7) is 5.89. The van der Waals surface area contributed by atoms with Gasteiger partial charge in [0.2, 0.25) is 0 Å². The van der Waals surface area contributed by atoms with Crippen molar-refractivity contribution in [1.29, 1.82) is 5.26 Å². The lowest BCUT2D eigenvalue weighted by atomic mass is 10.1. The summed E-state index contributed by atoms with van der Waals surface area (Å²) in [5.74, 6) is -0.505. The fraction of sp³-hybridized carbons (Fsp3) is 0.429. The van der Waals surface area contributed by atoms with E-state index >= 15 is 0 Å². The molecule has 0 atom stereocenters. The molecule has 0 saturated heterocycles. The number of amides is 1. The molecule has 1 amide bonds. The molecule has 0 bridgehead atoms. The van der Waals surface area contributed by atoms with E-state index < -0.39 is 0 Å². The average Bonchev–Trinajstić information content (AvgIpc) is 2.28. The molecule has 0 aliphatic carbocycles. The van der Waals surface area contributed by atoms with Crippen molar-refractivity contribution in [2.75, 3.05) is 6.54 Å². The minimum atomic E-state index is -0.350. The smallest absolute Gasteiger partial charge is 0.254 e. The summed E-state index contributed by atoms with van der Waals surface area (Å²) < 4.78 is 13.0. The molecule has 0 radical (unpaired) electrons. The zero-order valence-electron chi connectivity index (χ0n) is 10.9. The number of halogens is 1. The van der Waals surface area contributed by atoms with Gasteiger partial charge in [0, 0.05) is 18.2 Å². The van der Waals surface area contributed by atoms with Crippen molar-refractivity contribution in [2.45, 2.75) is 33.2 Å². The van der Waals surface area contributed by atoms with Crippen LogP contribution in [0.5, 0.6) is 0 Å². The van der Waals surface area contributed by atoms with E-state index in [0.29, 0.717) is 24.1 Å². The second-order valence-electron chi connectivity index (χ2n) is 4.46. The van der Waals surface area contributed by atoms with E-state index in [1.54, 1.807) is 11.8 Å². The number of hydrogen-bond donors (Lipinski definition) is 0. The van der Waals surface area contributed by atoms with E-state index in [4.69, 9.17) is 5.26 Å². The maximum absolute atomic E-state index is 13.0. The highest BCUT2D eigenvalue weighted by molar-refractivity contribution is 5.95. The molecular formula is C14H17FN2O. The first-order valence-corrected chi connectivity index (χ1v) is 5.91. The van der Waals surface area contributed by atoms with Gasteiger partial charge in [0.05, 0.1) is 12.5 Å². The summed E-state index contributed by atoms with van der Waals surface area (Å²) in [6, 6.07) is 6.16. The molecule has 0 heterocycles. The monoisotopic (exact) mass is 248 g/mol. The maximum atomic E-state index is 13.0. The first-order chi connectivity index (χ1) is 8.47. The first-order valence-electron chi connectivity index (χ1n) is 5.91. The van der Waals surface area contributed by atoms with E-state index in [-0.39, 0.29) is 17.8 Å². The molecule has 0 aliphatic heterocycles. The van der Waals surface area contributed by atoms with Crippen LogP contribution in [0.25, 0.3) is 0 Å². The minimum Gasteiger partial charge on any atom is -0.335 e. The van der Waals surface area contributed by atoms with E-state index in [9.17, 15) is 9.18 Å². The summed E-state index contributed by atoms with van der Waals surface area (Å²) in [7, 11) is 0. The molecule has 3 nitrogen and oxygen atoms in total. The molecular weight excluding hydrogens is 231 g/mol. The lowest BCUT2D eigenvalue weighted by molar-refractivity contribution is 0.0709. The third kappa shape index (κ3) is 3.30. The standard InChI is InChI=1S/C14H17FN2O/c1-10(2)17(8-4-7-16)14(18)13-6-5-12(15)9-11(13)3/h5-6,9-10H,4,8H2,1-3H3. The van der Waals surface area contributed by atoms with Crippen molar-refractivity contribution < 1.29 is 9.18 Å². The van der Waals surface area contributed by atoms with Crippen molar-refractivity contribution >= 4 is 5.91 Å². The minimum absolute atomic E-state index is 0.00954. The molecule has 0 spiro atoms. The molecule has 1 aromatic carbocycles. The third-order valence-electron chi connectivity index (χ3n) is 2.77. The number of aryl methyl sites for hydroxylation is 1. The van der Waals surface area contributed by atoms with E-state index in [0.717, 1.165) is 0 Å². The number of nitrogens with zero attached hydrogens (tertiary/aromatic N) is 2. The highest BCUT2D eigenvalue weighted by Crippen LogP contribution is 2.15. The Labute approximate surface area is 107 Å². The van der Waals surface area contributed by atoms with Gasteiger partial charge < -0.3 is 4.90 Å². The van der Waals surface area contributed by atoms with Crippen LogP contribution < -0.4 is 0 Å². The Morgan fingerprint density at radius 1 is 1.50 bits per heavy atom. The SMILES string of the molecule is Cc1cc(F)ccc1C(=O)N(CCC#N)C(C)C. The summed E-state index contributed by atoms with van der Waals surface area (Å²) >= 11 is 0. The zero-order valence-corrected chi connectivity index (χ0v) is 10.9. The molecule has 1 aromatic rings. The van der Waals surface area contributed by atoms with Crippen LogP contribution in [-0.4, -0.2) is 23.4 Å². The van der Waals surface area contributed by atoms with Gasteiger partial charge in [0.15, 0.2) is 0 Å². The van der Waals surface area contributed by atoms with Crippen LogP contribution in [0.15, 0.2) is 18.2 Å². The van der Waals surface area contributed by atoms with E-state index in [2.05, 4.69) is 0 Å². The van der Waals surface area contributed by atoms with Crippen molar-refractivity contribution in [3.8, 4) is 6.07 Å². The highest BCUT2D eigenvalue weighted by Gasteiger charge is 2.19. The Bertz CT molecular complexity index is 477. The van der Waals surface area contributed by atoms with Crippen LogP contribution in [-0.2, 0) is 0 Å². The highest BCUT2D eigenvalue weighted by atomic mass is 19.1. The molecule has 18 heavy (non-hydrogen) atoms. The summed E-state index contributed by atoms with van der Waals surface area (Å²) in [6.07, 6.45) is 0.296. The second-order valence-corrected chi connectivity index (χ2v) is 4.46. The van der Waals surface area contributed by atoms with Gasteiger partial charge in [-0.2, -0.15) is 5.26 Å². The lowest BCUT2D eigenvalue weighted by Gasteiger charge is -2.26. The number of carbonyl (C=O) groups is 1. The molecule has 0 fully saturated rings. The number of nitriles is 1. The van der Waals surface area contributed by atoms with Crippen molar-refractivity contribution in [3.63, 3.8) is 0 Å². The first kappa shape index (κ1) is 14.2. The van der Waals surface area contributed by atoms with Gasteiger partial charge in [-0.3, -0.25) is 4.79 Å². The fourth-order valence-corrected chi connectivity index (χ4v) is 1.79. The molecule has 0 aromatic heterocycles. The van der Waals surface area contributed by atoms with Gasteiger partial charge in [0.25, 0.3) is 5.91 Å². The molecule has 4 heteroatoms. The maximum Gasteiger partial charge on any atom is 0.254 e. The topological polar surface area (TPSA) is 44.1 Å². The Morgan fingerprint density at radius 3 is 2.67 bits per heavy atom. The van der Waals surface area contributed by atoms with E-state index in [1.165, 1.54) is 18.2 Å². The Morgan fingerprint density at radius 2 is 2.17 bits per heavy atom. The normalized spacial score (nSPS) is 10.2.